The van der Waals surface area contributed by atoms with Crippen LogP contribution < -0.4 is 11.1 Å². The first-order valence-corrected chi connectivity index (χ1v) is 4.72. The third-order valence-electron chi connectivity index (χ3n) is 1.88. The summed E-state index contributed by atoms with van der Waals surface area (Å²) in [7, 11) is 0. The average Bonchev–Trinajstić information content (AvgIpc) is 2.76. The monoisotopic (exact) mass is 233 g/mol. The lowest BCUT2D eigenvalue weighted by Crippen LogP contribution is -2.41. The molecule has 0 aliphatic heterocycles. The fourth-order valence-electron chi connectivity index (χ4n) is 0.957. The number of nitrogens with two attached hydrogens (primary N) is 1. The van der Waals surface area contributed by atoms with E-state index in [1.807, 2.05) is 0 Å². The molecule has 0 atom stereocenters. The van der Waals surface area contributed by atoms with Crippen molar-refractivity contribution in [2.24, 2.45) is 5.73 Å². The van der Waals surface area contributed by atoms with Crippen LogP contribution in [-0.4, -0.2) is 39.9 Å². The summed E-state index contributed by atoms with van der Waals surface area (Å²) < 4.78 is 26.8. The van der Waals surface area contributed by atoms with Gasteiger partial charge in [-0.3, -0.25) is 9.48 Å². The lowest BCUT2D eigenvalue weighted by molar-refractivity contribution is -0.123. The first-order chi connectivity index (χ1) is 7.53. The summed E-state index contributed by atoms with van der Waals surface area (Å²) in [6.07, 6.45) is 3.13. The highest BCUT2D eigenvalue weighted by Gasteiger charge is 2.26. The standard InChI is InChI=1S/C8H13F2N5O/c9-8(10,5-11)6-12-7(16)1-3-15-4-2-13-14-15/h2,4H,1,3,5-6,11H2,(H,12,16). The first-order valence-electron chi connectivity index (χ1n) is 4.72. The van der Waals surface area contributed by atoms with Crippen molar-refractivity contribution in [1.29, 1.82) is 0 Å². The van der Waals surface area contributed by atoms with Crippen molar-refractivity contribution in [3.63, 3.8) is 0 Å². The summed E-state index contributed by atoms with van der Waals surface area (Å²) in [5.74, 6) is -3.52. The van der Waals surface area contributed by atoms with Gasteiger partial charge in [0.2, 0.25) is 5.91 Å². The Morgan fingerprint density at radius 3 is 2.88 bits per heavy atom. The zero-order valence-corrected chi connectivity index (χ0v) is 8.57. The molecule has 1 heterocycles. The number of amides is 1. The van der Waals surface area contributed by atoms with Gasteiger partial charge in [-0.1, -0.05) is 5.21 Å². The minimum Gasteiger partial charge on any atom is -0.350 e. The van der Waals surface area contributed by atoms with Crippen molar-refractivity contribution in [1.82, 2.24) is 20.3 Å². The minimum absolute atomic E-state index is 0.0734. The first kappa shape index (κ1) is 12.5. The van der Waals surface area contributed by atoms with Crippen molar-refractivity contribution >= 4 is 5.91 Å². The van der Waals surface area contributed by atoms with E-state index in [9.17, 15) is 13.6 Å². The van der Waals surface area contributed by atoms with Crippen LogP contribution in [0.15, 0.2) is 12.4 Å². The summed E-state index contributed by atoms with van der Waals surface area (Å²) in [4.78, 5) is 11.2. The van der Waals surface area contributed by atoms with Gasteiger partial charge in [-0.15, -0.1) is 5.10 Å². The summed E-state index contributed by atoms with van der Waals surface area (Å²) >= 11 is 0. The molecular formula is C8H13F2N5O. The fourth-order valence-corrected chi connectivity index (χ4v) is 0.957. The van der Waals surface area contributed by atoms with Gasteiger partial charge >= 0.3 is 0 Å². The molecule has 1 rings (SSSR count). The molecule has 0 bridgehead atoms. The molecule has 0 saturated carbocycles. The third-order valence-corrected chi connectivity index (χ3v) is 1.88. The number of alkyl halides is 2. The van der Waals surface area contributed by atoms with Gasteiger partial charge in [-0.25, -0.2) is 8.78 Å². The normalized spacial score (nSPS) is 11.4. The van der Waals surface area contributed by atoms with Gasteiger partial charge < -0.3 is 11.1 Å². The van der Waals surface area contributed by atoms with E-state index in [2.05, 4.69) is 15.6 Å². The molecule has 6 nitrogen and oxygen atoms in total. The number of aryl methyl sites for hydroxylation is 1. The molecule has 1 amide bonds. The zero-order chi connectivity index (χ0) is 12.0. The Labute approximate surface area is 90.8 Å². The molecule has 0 radical (unpaired) electrons. The van der Waals surface area contributed by atoms with Crippen LogP contribution in [0.3, 0.4) is 0 Å². The van der Waals surface area contributed by atoms with Crippen LogP contribution >= 0.6 is 0 Å². The Balaban J connectivity index is 2.21. The number of hydrogen-bond donors (Lipinski definition) is 2. The van der Waals surface area contributed by atoms with Gasteiger partial charge in [-0.05, 0) is 0 Å². The smallest absolute Gasteiger partial charge is 0.277 e. The van der Waals surface area contributed by atoms with E-state index in [4.69, 9.17) is 5.73 Å². The number of rotatable bonds is 6. The van der Waals surface area contributed by atoms with E-state index < -0.39 is 24.9 Å². The second kappa shape index (κ2) is 5.50. The van der Waals surface area contributed by atoms with E-state index in [0.717, 1.165) is 0 Å². The summed E-state index contributed by atoms with van der Waals surface area (Å²) in [5, 5.41) is 9.28. The van der Waals surface area contributed by atoms with Gasteiger partial charge in [0.25, 0.3) is 5.92 Å². The molecule has 1 aromatic heterocycles. The number of nitrogens with one attached hydrogen (secondary N) is 1. The fraction of sp³-hybridized carbons (Fsp3) is 0.625. The molecule has 0 aliphatic rings. The van der Waals surface area contributed by atoms with Crippen molar-refractivity contribution in [2.75, 3.05) is 13.1 Å². The van der Waals surface area contributed by atoms with Gasteiger partial charge in [0.1, 0.15) is 0 Å². The Kier molecular flexibility index (Phi) is 4.29. The van der Waals surface area contributed by atoms with Crippen LogP contribution in [0.4, 0.5) is 8.78 Å². The molecule has 0 fully saturated rings. The number of halogens is 2. The molecule has 0 aliphatic carbocycles. The predicted octanol–water partition coefficient (Wildman–Crippen LogP) is -0.622. The van der Waals surface area contributed by atoms with Crippen molar-refractivity contribution < 1.29 is 13.6 Å². The summed E-state index contributed by atoms with van der Waals surface area (Å²) in [6, 6.07) is 0. The van der Waals surface area contributed by atoms with E-state index in [-0.39, 0.29) is 6.42 Å². The lowest BCUT2D eigenvalue weighted by Gasteiger charge is -2.14. The number of carbonyl (C=O) groups is 1. The number of hydrogen-bond acceptors (Lipinski definition) is 4. The Morgan fingerprint density at radius 2 is 2.31 bits per heavy atom. The van der Waals surface area contributed by atoms with Crippen LogP contribution in [-0.2, 0) is 11.3 Å². The van der Waals surface area contributed by atoms with Gasteiger partial charge in [0.05, 0.1) is 25.8 Å². The van der Waals surface area contributed by atoms with Crippen LogP contribution in [0.5, 0.6) is 0 Å². The molecule has 90 valence electrons. The van der Waals surface area contributed by atoms with Crippen molar-refractivity contribution in [3.8, 4) is 0 Å². The highest BCUT2D eigenvalue weighted by Crippen LogP contribution is 2.08. The topological polar surface area (TPSA) is 85.8 Å². The highest BCUT2D eigenvalue weighted by molar-refractivity contribution is 5.75. The number of carbonyl (C=O) groups excluding carboxylic acids is 1. The molecule has 3 N–H and O–H groups in total. The SMILES string of the molecule is NCC(F)(F)CNC(=O)CCn1ccnn1. The van der Waals surface area contributed by atoms with Crippen LogP contribution in [0.25, 0.3) is 0 Å². The van der Waals surface area contributed by atoms with Crippen molar-refractivity contribution in [2.45, 2.75) is 18.9 Å². The van der Waals surface area contributed by atoms with E-state index in [0.29, 0.717) is 6.54 Å². The van der Waals surface area contributed by atoms with Crippen LogP contribution in [0, 0.1) is 0 Å². The third kappa shape index (κ3) is 4.30. The maximum absolute atomic E-state index is 12.7. The van der Waals surface area contributed by atoms with Crippen molar-refractivity contribution in [3.05, 3.63) is 12.4 Å². The molecule has 0 saturated heterocycles. The van der Waals surface area contributed by atoms with Gasteiger partial charge in [0, 0.05) is 12.6 Å². The second-order valence-corrected chi connectivity index (χ2v) is 3.25. The zero-order valence-electron chi connectivity index (χ0n) is 8.57. The van der Waals surface area contributed by atoms with E-state index in [1.165, 1.54) is 10.9 Å². The maximum atomic E-state index is 12.7. The molecule has 16 heavy (non-hydrogen) atoms. The number of aromatic nitrogens is 3. The molecule has 0 spiro atoms. The second-order valence-electron chi connectivity index (χ2n) is 3.25. The summed E-state index contributed by atoms with van der Waals surface area (Å²) in [6.45, 7) is -1.21. The largest absolute Gasteiger partial charge is 0.350 e. The van der Waals surface area contributed by atoms with E-state index >= 15 is 0 Å². The molecule has 0 aromatic carbocycles. The molecule has 8 heteroatoms. The highest BCUT2D eigenvalue weighted by atomic mass is 19.3. The molecule has 0 unspecified atom stereocenters. The summed E-state index contributed by atoms with van der Waals surface area (Å²) in [5.41, 5.74) is 4.82. The average molecular weight is 233 g/mol. The quantitative estimate of drug-likeness (QED) is 0.685. The van der Waals surface area contributed by atoms with Gasteiger partial charge in [0.15, 0.2) is 0 Å². The Bertz CT molecular complexity index is 327. The minimum atomic E-state index is -3.05. The Morgan fingerprint density at radius 1 is 1.56 bits per heavy atom. The lowest BCUT2D eigenvalue weighted by atomic mass is 10.3. The molecular weight excluding hydrogens is 220 g/mol. The number of nitrogens with zero attached hydrogens (tertiary/aromatic N) is 3. The van der Waals surface area contributed by atoms with E-state index in [1.54, 1.807) is 6.20 Å². The molecule has 1 aromatic rings. The predicted molar refractivity (Wildman–Crippen MR) is 51.7 cm³/mol. The Hall–Kier alpha value is -1.57. The van der Waals surface area contributed by atoms with Crippen LogP contribution in [0.2, 0.25) is 0 Å². The van der Waals surface area contributed by atoms with Crippen LogP contribution in [0.1, 0.15) is 6.42 Å². The van der Waals surface area contributed by atoms with Gasteiger partial charge in [-0.2, -0.15) is 0 Å². The maximum Gasteiger partial charge on any atom is 0.277 e.